The van der Waals surface area contributed by atoms with E-state index in [0.717, 1.165) is 6.54 Å². The first-order valence-corrected chi connectivity index (χ1v) is 7.62. The van der Waals surface area contributed by atoms with Gasteiger partial charge in [-0.15, -0.1) is 24.2 Å². The Morgan fingerprint density at radius 1 is 1.30 bits per heavy atom. The first-order valence-electron chi connectivity index (χ1n) is 6.47. The number of hydrogen-bond donors (Lipinski definition) is 1. The van der Waals surface area contributed by atoms with Crippen LogP contribution in [0.4, 0.5) is 0 Å². The standard InChI is InChI=1S/C12H23N3O3S.ClH/c1-13-3-4-14(2)11(16)9-19-10-12(17)15-5-7-18-8-6-15;/h13H,3-10H2,1-2H3;1H. The van der Waals surface area contributed by atoms with E-state index in [0.29, 0.717) is 44.4 Å². The van der Waals surface area contributed by atoms with Crippen molar-refractivity contribution in [3.8, 4) is 0 Å². The smallest absolute Gasteiger partial charge is 0.232 e. The van der Waals surface area contributed by atoms with Gasteiger partial charge in [0, 0.05) is 33.2 Å². The molecule has 0 unspecified atom stereocenters. The SMILES string of the molecule is CNCCN(C)C(=O)CSCC(=O)N1CCOCC1.Cl. The highest BCUT2D eigenvalue weighted by atomic mass is 35.5. The number of rotatable bonds is 7. The van der Waals surface area contributed by atoms with Gasteiger partial charge < -0.3 is 19.9 Å². The number of nitrogens with zero attached hydrogens (tertiary/aromatic N) is 2. The summed E-state index contributed by atoms with van der Waals surface area (Å²) in [6, 6.07) is 0. The van der Waals surface area contributed by atoms with Gasteiger partial charge in [-0.25, -0.2) is 0 Å². The minimum Gasteiger partial charge on any atom is -0.378 e. The maximum Gasteiger partial charge on any atom is 0.232 e. The fourth-order valence-corrected chi connectivity index (χ4v) is 2.50. The van der Waals surface area contributed by atoms with E-state index in [1.807, 2.05) is 7.05 Å². The highest BCUT2D eigenvalue weighted by molar-refractivity contribution is 8.00. The van der Waals surface area contributed by atoms with Crippen LogP contribution in [-0.2, 0) is 14.3 Å². The summed E-state index contributed by atoms with van der Waals surface area (Å²) in [7, 11) is 3.64. The predicted molar refractivity (Wildman–Crippen MR) is 83.5 cm³/mol. The third-order valence-electron chi connectivity index (χ3n) is 2.94. The lowest BCUT2D eigenvalue weighted by molar-refractivity contribution is -0.132. The molecule has 1 rings (SSSR count). The number of amides is 2. The summed E-state index contributed by atoms with van der Waals surface area (Å²) >= 11 is 1.38. The Hall–Kier alpha value is -0.500. The molecule has 1 saturated heterocycles. The van der Waals surface area contributed by atoms with Gasteiger partial charge in [0.1, 0.15) is 0 Å². The van der Waals surface area contributed by atoms with Crippen LogP contribution in [0, 0.1) is 0 Å². The molecule has 6 nitrogen and oxygen atoms in total. The van der Waals surface area contributed by atoms with Crippen LogP contribution in [0.2, 0.25) is 0 Å². The number of halogens is 1. The first-order chi connectivity index (χ1) is 9.15. The van der Waals surface area contributed by atoms with Crippen molar-refractivity contribution in [3.63, 3.8) is 0 Å². The van der Waals surface area contributed by atoms with Gasteiger partial charge in [-0.3, -0.25) is 9.59 Å². The molecule has 0 spiro atoms. The summed E-state index contributed by atoms with van der Waals surface area (Å²) in [6.07, 6.45) is 0. The summed E-state index contributed by atoms with van der Waals surface area (Å²) in [5.74, 6) is 0.885. The van der Waals surface area contributed by atoms with Crippen molar-refractivity contribution in [1.29, 1.82) is 0 Å². The fourth-order valence-electron chi connectivity index (χ4n) is 1.64. The molecule has 0 bridgehead atoms. The van der Waals surface area contributed by atoms with E-state index in [4.69, 9.17) is 4.74 Å². The second kappa shape index (κ2) is 11.2. The summed E-state index contributed by atoms with van der Waals surface area (Å²) in [6.45, 7) is 4.02. The topological polar surface area (TPSA) is 61.9 Å². The van der Waals surface area contributed by atoms with Crippen molar-refractivity contribution < 1.29 is 14.3 Å². The first kappa shape index (κ1) is 19.5. The molecule has 1 fully saturated rings. The van der Waals surface area contributed by atoms with Crippen LogP contribution in [0.25, 0.3) is 0 Å². The minimum absolute atomic E-state index is 0. The number of ether oxygens (including phenoxy) is 1. The Balaban J connectivity index is 0.00000361. The molecule has 0 atom stereocenters. The molecular weight excluding hydrogens is 302 g/mol. The molecule has 1 heterocycles. The lowest BCUT2D eigenvalue weighted by atomic mass is 10.4. The molecule has 0 aromatic carbocycles. The van der Waals surface area contributed by atoms with Crippen LogP contribution in [0.15, 0.2) is 0 Å². The van der Waals surface area contributed by atoms with Gasteiger partial charge in [0.2, 0.25) is 11.8 Å². The van der Waals surface area contributed by atoms with E-state index in [2.05, 4.69) is 5.32 Å². The monoisotopic (exact) mass is 325 g/mol. The van der Waals surface area contributed by atoms with Crippen molar-refractivity contribution in [2.24, 2.45) is 0 Å². The largest absolute Gasteiger partial charge is 0.378 e. The zero-order valence-corrected chi connectivity index (χ0v) is 13.7. The molecule has 0 aromatic rings. The van der Waals surface area contributed by atoms with E-state index >= 15 is 0 Å². The lowest BCUT2D eigenvalue weighted by Crippen LogP contribution is -2.41. The number of thioether (sulfide) groups is 1. The number of hydrogen-bond acceptors (Lipinski definition) is 5. The van der Waals surface area contributed by atoms with Crippen LogP contribution in [0.1, 0.15) is 0 Å². The van der Waals surface area contributed by atoms with Gasteiger partial charge >= 0.3 is 0 Å². The van der Waals surface area contributed by atoms with Gasteiger partial charge in [-0.2, -0.15) is 0 Å². The van der Waals surface area contributed by atoms with Gasteiger partial charge in [-0.1, -0.05) is 0 Å². The van der Waals surface area contributed by atoms with Crippen LogP contribution in [-0.4, -0.2) is 86.6 Å². The van der Waals surface area contributed by atoms with Crippen LogP contribution in [0.3, 0.4) is 0 Å². The third kappa shape index (κ3) is 7.33. The Labute approximate surface area is 131 Å². The average molecular weight is 326 g/mol. The maximum atomic E-state index is 11.8. The number of carbonyl (C=O) groups excluding carboxylic acids is 2. The zero-order valence-electron chi connectivity index (χ0n) is 12.1. The average Bonchev–Trinajstić information content (AvgIpc) is 2.45. The highest BCUT2D eigenvalue weighted by Crippen LogP contribution is 2.06. The molecule has 2 amide bonds. The summed E-state index contributed by atoms with van der Waals surface area (Å²) in [5.41, 5.74) is 0. The Kier molecular flexibility index (Phi) is 10.9. The number of nitrogens with one attached hydrogen (secondary N) is 1. The van der Waals surface area contributed by atoms with Crippen molar-refractivity contribution in [1.82, 2.24) is 15.1 Å². The van der Waals surface area contributed by atoms with E-state index in [1.165, 1.54) is 11.8 Å². The fraction of sp³-hybridized carbons (Fsp3) is 0.833. The van der Waals surface area contributed by atoms with Gasteiger partial charge in [0.25, 0.3) is 0 Å². The Bertz CT molecular complexity index is 302. The van der Waals surface area contributed by atoms with E-state index in [-0.39, 0.29) is 24.2 Å². The van der Waals surface area contributed by atoms with Crippen molar-refractivity contribution in [2.45, 2.75) is 0 Å². The third-order valence-corrected chi connectivity index (χ3v) is 3.84. The summed E-state index contributed by atoms with van der Waals surface area (Å²) in [4.78, 5) is 27.1. The van der Waals surface area contributed by atoms with Gasteiger partial charge in [0.15, 0.2) is 0 Å². The number of carbonyl (C=O) groups is 2. The second-order valence-electron chi connectivity index (χ2n) is 4.40. The van der Waals surface area contributed by atoms with Crippen LogP contribution < -0.4 is 5.32 Å². The molecule has 0 saturated carbocycles. The molecular formula is C12H24ClN3O3S. The minimum atomic E-state index is 0. The molecule has 0 aliphatic carbocycles. The van der Waals surface area contributed by atoms with Crippen molar-refractivity contribution >= 4 is 36.0 Å². The van der Waals surface area contributed by atoms with Gasteiger partial charge in [-0.05, 0) is 7.05 Å². The molecule has 0 aromatic heterocycles. The lowest BCUT2D eigenvalue weighted by Gasteiger charge is -2.26. The molecule has 118 valence electrons. The molecule has 1 aliphatic heterocycles. The van der Waals surface area contributed by atoms with Crippen LogP contribution in [0.5, 0.6) is 0 Å². The molecule has 20 heavy (non-hydrogen) atoms. The maximum absolute atomic E-state index is 11.8. The van der Waals surface area contributed by atoms with E-state index < -0.39 is 0 Å². The van der Waals surface area contributed by atoms with E-state index in [9.17, 15) is 9.59 Å². The molecule has 1 N–H and O–H groups in total. The zero-order chi connectivity index (χ0) is 14.1. The Morgan fingerprint density at radius 2 is 1.95 bits per heavy atom. The summed E-state index contributed by atoms with van der Waals surface area (Å²) in [5, 5.41) is 3.00. The predicted octanol–water partition coefficient (Wildman–Crippen LogP) is -0.322. The number of morpholine rings is 1. The van der Waals surface area contributed by atoms with Gasteiger partial charge in [0.05, 0.1) is 24.7 Å². The molecule has 8 heteroatoms. The van der Waals surface area contributed by atoms with E-state index in [1.54, 1.807) is 16.8 Å². The Morgan fingerprint density at radius 3 is 2.55 bits per heavy atom. The highest BCUT2D eigenvalue weighted by Gasteiger charge is 2.17. The van der Waals surface area contributed by atoms with Crippen LogP contribution >= 0.6 is 24.2 Å². The summed E-state index contributed by atoms with van der Waals surface area (Å²) < 4.78 is 5.19. The number of likely N-dealkylation sites (N-methyl/N-ethyl adjacent to an activating group) is 2. The second-order valence-corrected chi connectivity index (χ2v) is 5.39. The van der Waals surface area contributed by atoms with Crippen molar-refractivity contribution in [2.75, 3.05) is 65.0 Å². The molecule has 0 radical (unpaired) electrons. The molecule has 1 aliphatic rings. The quantitative estimate of drug-likeness (QED) is 0.695. The normalized spacial score (nSPS) is 14.6. The van der Waals surface area contributed by atoms with Crippen molar-refractivity contribution in [3.05, 3.63) is 0 Å².